The summed E-state index contributed by atoms with van der Waals surface area (Å²) in [5.41, 5.74) is 9.01. The number of tetrazole rings is 1. The molecule has 1 heterocycles. The molecule has 0 unspecified atom stereocenters. The van der Waals surface area contributed by atoms with Crippen LogP contribution in [0, 0.1) is 6.92 Å². The maximum atomic E-state index is 6.24. The van der Waals surface area contributed by atoms with Crippen molar-refractivity contribution in [3.05, 3.63) is 51.5 Å². The van der Waals surface area contributed by atoms with Gasteiger partial charge in [0.15, 0.2) is 5.82 Å². The highest BCUT2D eigenvalue weighted by atomic mass is 79.9. The van der Waals surface area contributed by atoms with Crippen molar-refractivity contribution in [2.45, 2.75) is 6.92 Å². The number of nitrogens with two attached hydrogens (primary N) is 1. The first kappa shape index (κ1) is 14.0. The maximum Gasteiger partial charge on any atom is 0.188 e. The number of aromatic nitrogens is 4. The highest BCUT2D eigenvalue weighted by Gasteiger charge is 2.14. The molecule has 5 nitrogen and oxygen atoms in total. The van der Waals surface area contributed by atoms with Gasteiger partial charge >= 0.3 is 0 Å². The minimum atomic E-state index is 0.514. The third-order valence-corrected chi connectivity index (χ3v) is 4.29. The predicted molar refractivity (Wildman–Crippen MR) is 86.4 cm³/mol. The van der Waals surface area contributed by atoms with E-state index in [1.807, 2.05) is 31.2 Å². The molecule has 2 N–H and O–H groups in total. The Kier molecular flexibility index (Phi) is 3.65. The van der Waals surface area contributed by atoms with Crippen molar-refractivity contribution in [2.75, 3.05) is 5.73 Å². The fourth-order valence-electron chi connectivity index (χ4n) is 2.00. The van der Waals surface area contributed by atoms with Crippen molar-refractivity contribution in [3.8, 4) is 17.1 Å². The molecule has 3 rings (SSSR count). The number of rotatable bonds is 2. The number of anilines is 1. The lowest BCUT2D eigenvalue weighted by molar-refractivity contribution is 0.790. The zero-order valence-corrected chi connectivity index (χ0v) is 13.4. The number of nitrogens with zero attached hydrogens (tertiary/aromatic N) is 4. The lowest BCUT2D eigenvalue weighted by atomic mass is 10.2. The van der Waals surface area contributed by atoms with Crippen LogP contribution in [0.25, 0.3) is 17.1 Å². The summed E-state index contributed by atoms with van der Waals surface area (Å²) in [7, 11) is 0. The Bertz CT molecular complexity index is 815. The van der Waals surface area contributed by atoms with Crippen LogP contribution in [0.15, 0.2) is 40.9 Å². The van der Waals surface area contributed by atoms with Gasteiger partial charge in [-0.05, 0) is 59.3 Å². The molecule has 0 aliphatic rings. The van der Waals surface area contributed by atoms with Crippen molar-refractivity contribution < 1.29 is 0 Å². The molecule has 0 radical (unpaired) electrons. The van der Waals surface area contributed by atoms with Crippen LogP contribution in [0.3, 0.4) is 0 Å². The molecule has 0 saturated carbocycles. The average Bonchev–Trinajstić information content (AvgIpc) is 2.91. The maximum absolute atomic E-state index is 6.24. The quantitative estimate of drug-likeness (QED) is 0.705. The number of hydrogen-bond donors (Lipinski definition) is 1. The first-order valence-electron chi connectivity index (χ1n) is 6.16. The standard InChI is InChI=1S/C14H11BrClN5/c1-8-6-10(3-5-12(8)15)21-14(18-19-20-21)11-4-2-9(17)7-13(11)16/h2-7H,17H2,1H3. The van der Waals surface area contributed by atoms with E-state index in [1.165, 1.54) is 0 Å². The molecule has 0 aliphatic carbocycles. The number of aryl methyl sites for hydroxylation is 1. The Balaban J connectivity index is 2.14. The highest BCUT2D eigenvalue weighted by molar-refractivity contribution is 9.10. The Morgan fingerprint density at radius 2 is 2.00 bits per heavy atom. The third-order valence-electron chi connectivity index (χ3n) is 3.09. The Morgan fingerprint density at radius 3 is 2.71 bits per heavy atom. The summed E-state index contributed by atoms with van der Waals surface area (Å²) in [5, 5.41) is 12.4. The van der Waals surface area contributed by atoms with Crippen LogP contribution in [0.2, 0.25) is 5.02 Å². The highest BCUT2D eigenvalue weighted by Crippen LogP contribution is 2.29. The zero-order chi connectivity index (χ0) is 15.0. The molecule has 2 aromatic carbocycles. The Morgan fingerprint density at radius 1 is 1.19 bits per heavy atom. The Hall–Kier alpha value is -1.92. The average molecular weight is 365 g/mol. The van der Waals surface area contributed by atoms with Gasteiger partial charge in [0.1, 0.15) is 0 Å². The van der Waals surface area contributed by atoms with Crippen molar-refractivity contribution in [1.82, 2.24) is 20.2 Å². The second kappa shape index (κ2) is 5.46. The predicted octanol–water partition coefficient (Wildman–Crippen LogP) is 3.64. The fraction of sp³-hybridized carbons (Fsp3) is 0.0714. The molecule has 0 amide bonds. The van der Waals surface area contributed by atoms with Crippen LogP contribution in [0.5, 0.6) is 0 Å². The largest absolute Gasteiger partial charge is 0.399 e. The molecule has 0 atom stereocenters. The van der Waals surface area contributed by atoms with E-state index in [1.54, 1.807) is 16.8 Å². The van der Waals surface area contributed by atoms with Crippen LogP contribution in [0.1, 0.15) is 5.56 Å². The van der Waals surface area contributed by atoms with E-state index in [0.29, 0.717) is 16.5 Å². The van der Waals surface area contributed by atoms with Gasteiger partial charge in [0.05, 0.1) is 10.7 Å². The summed E-state index contributed by atoms with van der Waals surface area (Å²) in [6.45, 7) is 2.01. The normalized spacial score (nSPS) is 10.8. The lowest BCUT2D eigenvalue weighted by Crippen LogP contribution is -2.01. The molecular weight excluding hydrogens is 354 g/mol. The minimum Gasteiger partial charge on any atom is -0.399 e. The summed E-state index contributed by atoms with van der Waals surface area (Å²) in [5.74, 6) is 0.571. The van der Waals surface area contributed by atoms with Gasteiger partial charge in [0.2, 0.25) is 0 Å². The summed E-state index contributed by atoms with van der Waals surface area (Å²) in [6.07, 6.45) is 0. The minimum absolute atomic E-state index is 0.514. The van der Waals surface area contributed by atoms with E-state index in [2.05, 4.69) is 31.5 Å². The number of nitrogen functional groups attached to an aromatic ring is 1. The SMILES string of the molecule is Cc1cc(-n2nnnc2-c2ccc(N)cc2Cl)ccc1Br. The van der Waals surface area contributed by atoms with Gasteiger partial charge in [0, 0.05) is 15.7 Å². The van der Waals surface area contributed by atoms with Crippen LogP contribution in [0.4, 0.5) is 5.69 Å². The molecular formula is C14H11BrClN5. The smallest absolute Gasteiger partial charge is 0.188 e. The number of hydrogen-bond acceptors (Lipinski definition) is 4. The van der Waals surface area contributed by atoms with Gasteiger partial charge in [-0.15, -0.1) is 5.10 Å². The van der Waals surface area contributed by atoms with Crippen LogP contribution in [-0.4, -0.2) is 20.2 Å². The van der Waals surface area contributed by atoms with Crippen molar-refractivity contribution in [1.29, 1.82) is 0 Å². The molecule has 7 heteroatoms. The van der Waals surface area contributed by atoms with Gasteiger partial charge in [-0.25, -0.2) is 0 Å². The second-order valence-corrected chi connectivity index (χ2v) is 5.85. The molecule has 0 bridgehead atoms. The molecule has 0 spiro atoms. The van der Waals surface area contributed by atoms with E-state index in [0.717, 1.165) is 21.3 Å². The molecule has 0 aliphatic heterocycles. The molecule has 1 aromatic heterocycles. The van der Waals surface area contributed by atoms with E-state index >= 15 is 0 Å². The van der Waals surface area contributed by atoms with Crippen molar-refractivity contribution in [2.24, 2.45) is 0 Å². The van der Waals surface area contributed by atoms with Gasteiger partial charge in [-0.3, -0.25) is 0 Å². The van der Waals surface area contributed by atoms with Crippen LogP contribution >= 0.6 is 27.5 Å². The van der Waals surface area contributed by atoms with E-state index in [9.17, 15) is 0 Å². The summed E-state index contributed by atoms with van der Waals surface area (Å²) in [6, 6.07) is 11.2. The third kappa shape index (κ3) is 2.64. The van der Waals surface area contributed by atoms with Crippen LogP contribution < -0.4 is 5.73 Å². The van der Waals surface area contributed by atoms with Crippen molar-refractivity contribution in [3.63, 3.8) is 0 Å². The Labute approximate surface area is 134 Å². The first-order valence-corrected chi connectivity index (χ1v) is 7.33. The van der Waals surface area contributed by atoms with Crippen molar-refractivity contribution >= 4 is 33.2 Å². The first-order chi connectivity index (χ1) is 10.1. The number of benzene rings is 2. The number of halogens is 2. The zero-order valence-electron chi connectivity index (χ0n) is 11.1. The van der Waals surface area contributed by atoms with Gasteiger partial charge in [0.25, 0.3) is 0 Å². The van der Waals surface area contributed by atoms with Gasteiger partial charge in [-0.1, -0.05) is 27.5 Å². The molecule has 3 aromatic rings. The monoisotopic (exact) mass is 363 g/mol. The topological polar surface area (TPSA) is 69.6 Å². The molecule has 21 heavy (non-hydrogen) atoms. The summed E-state index contributed by atoms with van der Waals surface area (Å²) < 4.78 is 2.68. The van der Waals surface area contributed by atoms with E-state index in [-0.39, 0.29) is 0 Å². The summed E-state index contributed by atoms with van der Waals surface area (Å²) >= 11 is 9.72. The second-order valence-electron chi connectivity index (χ2n) is 4.59. The molecule has 0 fully saturated rings. The van der Waals surface area contributed by atoms with Gasteiger partial charge < -0.3 is 5.73 Å². The fourth-order valence-corrected chi connectivity index (χ4v) is 2.52. The van der Waals surface area contributed by atoms with Crippen LogP contribution in [-0.2, 0) is 0 Å². The lowest BCUT2D eigenvalue weighted by Gasteiger charge is -2.08. The van der Waals surface area contributed by atoms with E-state index in [4.69, 9.17) is 17.3 Å². The van der Waals surface area contributed by atoms with Gasteiger partial charge in [-0.2, -0.15) is 4.68 Å². The molecule has 106 valence electrons. The molecule has 0 saturated heterocycles. The summed E-state index contributed by atoms with van der Waals surface area (Å²) in [4.78, 5) is 0. The van der Waals surface area contributed by atoms with E-state index < -0.39 is 0 Å².